The molecule has 0 unspecified atom stereocenters. The Morgan fingerprint density at radius 1 is 1.33 bits per heavy atom. The van der Waals surface area contributed by atoms with Gasteiger partial charge in [0, 0.05) is 24.8 Å². The predicted molar refractivity (Wildman–Crippen MR) is 76.4 cm³/mol. The molecule has 4 nitrogen and oxygen atoms in total. The van der Waals surface area contributed by atoms with E-state index in [1.54, 1.807) is 0 Å². The van der Waals surface area contributed by atoms with Crippen LogP contribution in [0.5, 0.6) is 5.75 Å². The fourth-order valence-electron chi connectivity index (χ4n) is 2.33. The fraction of sp³-hybridized carbons (Fsp3) is 0.571. The first-order valence-electron chi connectivity index (χ1n) is 6.74. The molecular formula is C14H23N3O. The molecule has 0 atom stereocenters. The number of hydrogen-bond donors (Lipinski definition) is 1. The van der Waals surface area contributed by atoms with Crippen LogP contribution in [0.1, 0.15) is 13.8 Å². The molecular weight excluding hydrogens is 226 g/mol. The molecule has 18 heavy (non-hydrogen) atoms. The fourth-order valence-corrected chi connectivity index (χ4v) is 2.33. The zero-order valence-electron chi connectivity index (χ0n) is 11.4. The molecule has 2 rings (SSSR count). The number of anilines is 2. The number of ether oxygens (including phenoxy) is 1. The molecule has 0 fully saturated rings. The molecule has 1 aromatic rings. The smallest absolute Gasteiger partial charge is 0.144 e. The van der Waals surface area contributed by atoms with Gasteiger partial charge in [-0.05, 0) is 25.2 Å². The molecule has 4 heteroatoms. The molecule has 0 radical (unpaired) electrons. The van der Waals surface area contributed by atoms with Crippen LogP contribution in [0.25, 0.3) is 0 Å². The van der Waals surface area contributed by atoms with E-state index < -0.39 is 0 Å². The summed E-state index contributed by atoms with van der Waals surface area (Å²) in [7, 11) is 0. The summed E-state index contributed by atoms with van der Waals surface area (Å²) in [5, 5.41) is 0. The highest BCUT2D eigenvalue weighted by atomic mass is 16.5. The maximum Gasteiger partial charge on any atom is 0.144 e. The van der Waals surface area contributed by atoms with E-state index in [2.05, 4.69) is 29.7 Å². The lowest BCUT2D eigenvalue weighted by Gasteiger charge is -2.33. The normalized spacial score (nSPS) is 14.5. The summed E-state index contributed by atoms with van der Waals surface area (Å²) in [4.78, 5) is 4.82. The first kappa shape index (κ1) is 13.0. The third kappa shape index (κ3) is 2.88. The lowest BCUT2D eigenvalue weighted by Crippen LogP contribution is -2.39. The number of fused-ring (bicyclic) bond motifs is 1. The summed E-state index contributed by atoms with van der Waals surface area (Å²) in [6.45, 7) is 10.5. The number of nitrogens with zero attached hydrogens (tertiary/aromatic N) is 2. The lowest BCUT2D eigenvalue weighted by atomic mass is 10.2. The summed E-state index contributed by atoms with van der Waals surface area (Å²) in [5.74, 6) is 0.917. The minimum atomic E-state index is 0.745. The Hall–Kier alpha value is -1.42. The Balaban J connectivity index is 2.03. The molecule has 1 heterocycles. The van der Waals surface area contributed by atoms with Crippen molar-refractivity contribution in [2.75, 3.05) is 50.0 Å². The number of likely N-dealkylation sites (N-methyl/N-ethyl adjacent to an activating group) is 1. The molecule has 1 aliphatic rings. The van der Waals surface area contributed by atoms with Crippen LogP contribution in [-0.2, 0) is 0 Å². The van der Waals surface area contributed by atoms with E-state index in [9.17, 15) is 0 Å². The van der Waals surface area contributed by atoms with Crippen molar-refractivity contribution in [3.8, 4) is 5.75 Å². The zero-order valence-corrected chi connectivity index (χ0v) is 11.4. The number of hydrogen-bond acceptors (Lipinski definition) is 4. The largest absolute Gasteiger partial charge is 0.489 e. The molecule has 0 amide bonds. The molecule has 0 aliphatic carbocycles. The van der Waals surface area contributed by atoms with Gasteiger partial charge in [-0.3, -0.25) is 0 Å². The Bertz CT molecular complexity index is 391. The standard InChI is InChI=1S/C14H23N3O/c1-3-16(4-2)7-8-17-9-10-18-14-11-12(15)5-6-13(14)17/h5-6,11H,3-4,7-10,15H2,1-2H3. The van der Waals surface area contributed by atoms with Crippen LogP contribution in [-0.4, -0.2) is 44.2 Å². The average Bonchev–Trinajstić information content (AvgIpc) is 2.39. The monoisotopic (exact) mass is 249 g/mol. The Morgan fingerprint density at radius 3 is 2.83 bits per heavy atom. The first-order chi connectivity index (χ1) is 8.74. The van der Waals surface area contributed by atoms with E-state index in [0.717, 1.165) is 50.8 Å². The zero-order chi connectivity index (χ0) is 13.0. The predicted octanol–water partition coefficient (Wildman–Crippen LogP) is 1.81. The highest BCUT2D eigenvalue weighted by Gasteiger charge is 2.18. The SMILES string of the molecule is CCN(CC)CCN1CCOc2cc(N)ccc21. The van der Waals surface area contributed by atoms with Gasteiger partial charge in [0.25, 0.3) is 0 Å². The molecule has 1 aliphatic heterocycles. The molecule has 0 bridgehead atoms. The van der Waals surface area contributed by atoms with Crippen molar-refractivity contribution in [1.29, 1.82) is 0 Å². The Morgan fingerprint density at radius 2 is 2.11 bits per heavy atom. The minimum absolute atomic E-state index is 0.745. The number of benzene rings is 1. The topological polar surface area (TPSA) is 41.7 Å². The molecule has 100 valence electrons. The van der Waals surface area contributed by atoms with Crippen LogP contribution in [0.15, 0.2) is 18.2 Å². The molecule has 0 spiro atoms. The van der Waals surface area contributed by atoms with Crippen LogP contribution in [0.3, 0.4) is 0 Å². The third-order valence-electron chi connectivity index (χ3n) is 3.52. The van der Waals surface area contributed by atoms with E-state index in [1.807, 2.05) is 12.1 Å². The van der Waals surface area contributed by atoms with Gasteiger partial charge in [0.2, 0.25) is 0 Å². The molecule has 0 saturated carbocycles. The van der Waals surface area contributed by atoms with Gasteiger partial charge in [0.15, 0.2) is 0 Å². The Kier molecular flexibility index (Phi) is 4.31. The number of nitrogen functional groups attached to an aromatic ring is 1. The van der Waals surface area contributed by atoms with Gasteiger partial charge in [-0.25, -0.2) is 0 Å². The van der Waals surface area contributed by atoms with Crippen molar-refractivity contribution in [1.82, 2.24) is 4.90 Å². The molecule has 2 N–H and O–H groups in total. The van der Waals surface area contributed by atoms with Crippen molar-refractivity contribution >= 4 is 11.4 Å². The maximum absolute atomic E-state index is 5.79. The van der Waals surface area contributed by atoms with Crippen LogP contribution in [0.4, 0.5) is 11.4 Å². The number of rotatable bonds is 5. The summed E-state index contributed by atoms with van der Waals surface area (Å²) >= 11 is 0. The summed E-state index contributed by atoms with van der Waals surface area (Å²) in [6.07, 6.45) is 0. The second-order valence-corrected chi connectivity index (χ2v) is 4.59. The van der Waals surface area contributed by atoms with Crippen LogP contribution in [0.2, 0.25) is 0 Å². The Labute approximate surface area is 109 Å². The maximum atomic E-state index is 5.79. The minimum Gasteiger partial charge on any atom is -0.489 e. The van der Waals surface area contributed by atoms with Crippen molar-refractivity contribution < 1.29 is 4.74 Å². The van der Waals surface area contributed by atoms with Gasteiger partial charge < -0.3 is 20.3 Å². The van der Waals surface area contributed by atoms with Gasteiger partial charge >= 0.3 is 0 Å². The van der Waals surface area contributed by atoms with Crippen molar-refractivity contribution in [2.45, 2.75) is 13.8 Å². The quantitative estimate of drug-likeness (QED) is 0.808. The van der Waals surface area contributed by atoms with E-state index in [-0.39, 0.29) is 0 Å². The van der Waals surface area contributed by atoms with Gasteiger partial charge in [0.1, 0.15) is 12.4 Å². The highest BCUT2D eigenvalue weighted by molar-refractivity contribution is 5.65. The number of nitrogens with two attached hydrogens (primary N) is 1. The average molecular weight is 249 g/mol. The summed E-state index contributed by atoms with van der Waals surface area (Å²) in [5.41, 5.74) is 7.72. The van der Waals surface area contributed by atoms with Crippen molar-refractivity contribution in [3.05, 3.63) is 18.2 Å². The van der Waals surface area contributed by atoms with E-state index in [1.165, 1.54) is 5.69 Å². The van der Waals surface area contributed by atoms with Gasteiger partial charge in [-0.1, -0.05) is 13.8 Å². The second-order valence-electron chi connectivity index (χ2n) is 4.59. The van der Waals surface area contributed by atoms with Gasteiger partial charge in [-0.15, -0.1) is 0 Å². The first-order valence-corrected chi connectivity index (χ1v) is 6.74. The summed E-state index contributed by atoms with van der Waals surface area (Å²) in [6, 6.07) is 5.92. The van der Waals surface area contributed by atoms with Crippen molar-refractivity contribution in [3.63, 3.8) is 0 Å². The van der Waals surface area contributed by atoms with Crippen LogP contribution in [0, 0.1) is 0 Å². The van der Waals surface area contributed by atoms with Gasteiger partial charge in [-0.2, -0.15) is 0 Å². The molecule has 1 aromatic carbocycles. The van der Waals surface area contributed by atoms with E-state index in [4.69, 9.17) is 10.5 Å². The highest BCUT2D eigenvalue weighted by Crippen LogP contribution is 2.32. The van der Waals surface area contributed by atoms with Gasteiger partial charge in [0.05, 0.1) is 12.2 Å². The third-order valence-corrected chi connectivity index (χ3v) is 3.52. The van der Waals surface area contributed by atoms with Crippen LogP contribution < -0.4 is 15.4 Å². The van der Waals surface area contributed by atoms with Crippen LogP contribution >= 0.6 is 0 Å². The summed E-state index contributed by atoms with van der Waals surface area (Å²) < 4.78 is 5.66. The lowest BCUT2D eigenvalue weighted by molar-refractivity contribution is 0.286. The molecule has 0 aromatic heterocycles. The van der Waals surface area contributed by atoms with E-state index in [0.29, 0.717) is 0 Å². The van der Waals surface area contributed by atoms with E-state index >= 15 is 0 Å². The van der Waals surface area contributed by atoms with Crippen molar-refractivity contribution in [2.24, 2.45) is 0 Å². The molecule has 0 saturated heterocycles. The second kappa shape index (κ2) is 5.96.